The molecule has 0 saturated heterocycles. The average molecular weight is 292 g/mol. The van der Waals surface area contributed by atoms with E-state index in [1.807, 2.05) is 0 Å². The number of H-pyrrole nitrogens is 1. The summed E-state index contributed by atoms with van der Waals surface area (Å²) in [6.07, 6.45) is 1.36. The van der Waals surface area contributed by atoms with Gasteiger partial charge in [0, 0.05) is 5.69 Å². The fraction of sp³-hybridized carbons (Fsp3) is 0.167. The number of carbonyl (C=O) groups excluding carboxylic acids is 1. The standard InChI is InChI=1S/C12H12N4O3S/c1-7-2-3-8(11(18)19)4-9(7)15-10(17)5-20-12-13-6-14-16-12/h2-4,6H,5H2,1H3,(H,15,17)(H,18,19)(H,13,14,16). The lowest BCUT2D eigenvalue weighted by molar-refractivity contribution is -0.113. The Morgan fingerprint density at radius 2 is 2.25 bits per heavy atom. The summed E-state index contributed by atoms with van der Waals surface area (Å²) in [5.41, 5.74) is 1.43. The third kappa shape index (κ3) is 3.58. The number of aromatic nitrogens is 3. The SMILES string of the molecule is Cc1ccc(C(=O)O)cc1NC(=O)CSc1ncn[nH]1. The summed E-state index contributed by atoms with van der Waals surface area (Å²) < 4.78 is 0. The number of carbonyl (C=O) groups is 2. The van der Waals surface area contributed by atoms with Gasteiger partial charge in [0.2, 0.25) is 5.91 Å². The van der Waals surface area contributed by atoms with Gasteiger partial charge >= 0.3 is 5.97 Å². The quantitative estimate of drug-likeness (QED) is 0.721. The van der Waals surface area contributed by atoms with E-state index in [0.717, 1.165) is 5.56 Å². The van der Waals surface area contributed by atoms with Gasteiger partial charge in [-0.2, -0.15) is 5.10 Å². The zero-order valence-electron chi connectivity index (χ0n) is 10.6. The molecule has 0 aliphatic carbocycles. The van der Waals surface area contributed by atoms with E-state index >= 15 is 0 Å². The number of aromatic carboxylic acids is 1. The smallest absolute Gasteiger partial charge is 0.335 e. The molecule has 2 aromatic rings. The van der Waals surface area contributed by atoms with Crippen molar-refractivity contribution in [2.45, 2.75) is 12.1 Å². The van der Waals surface area contributed by atoms with Crippen molar-refractivity contribution in [3.63, 3.8) is 0 Å². The lowest BCUT2D eigenvalue weighted by Crippen LogP contribution is -2.15. The van der Waals surface area contributed by atoms with Gasteiger partial charge in [0.1, 0.15) is 6.33 Å². The van der Waals surface area contributed by atoms with E-state index in [4.69, 9.17) is 5.11 Å². The van der Waals surface area contributed by atoms with Crippen molar-refractivity contribution >= 4 is 29.3 Å². The van der Waals surface area contributed by atoms with Crippen molar-refractivity contribution in [2.75, 3.05) is 11.1 Å². The van der Waals surface area contributed by atoms with E-state index in [0.29, 0.717) is 10.8 Å². The van der Waals surface area contributed by atoms with Crippen LogP contribution in [0.5, 0.6) is 0 Å². The largest absolute Gasteiger partial charge is 0.478 e. The van der Waals surface area contributed by atoms with Crippen LogP contribution < -0.4 is 5.32 Å². The molecule has 8 heteroatoms. The predicted octanol–water partition coefficient (Wildman–Crippen LogP) is 1.54. The number of nitrogens with zero attached hydrogens (tertiary/aromatic N) is 2. The third-order valence-electron chi connectivity index (χ3n) is 2.49. The predicted molar refractivity (Wildman–Crippen MR) is 73.9 cm³/mol. The summed E-state index contributed by atoms with van der Waals surface area (Å²) in [5, 5.41) is 18.5. The molecule has 0 atom stereocenters. The van der Waals surface area contributed by atoms with Crippen molar-refractivity contribution in [1.29, 1.82) is 0 Å². The lowest BCUT2D eigenvalue weighted by Gasteiger charge is -2.08. The third-order valence-corrected chi connectivity index (χ3v) is 3.37. The van der Waals surface area contributed by atoms with Crippen molar-refractivity contribution in [1.82, 2.24) is 15.2 Å². The molecule has 1 heterocycles. The van der Waals surface area contributed by atoms with Gasteiger partial charge in [-0.15, -0.1) is 0 Å². The number of hydrogen-bond acceptors (Lipinski definition) is 5. The number of aromatic amines is 1. The average Bonchev–Trinajstić information content (AvgIpc) is 2.92. The first-order valence-corrected chi connectivity index (χ1v) is 6.67. The van der Waals surface area contributed by atoms with Crippen molar-refractivity contribution < 1.29 is 14.7 Å². The number of anilines is 1. The molecule has 0 aliphatic heterocycles. The van der Waals surface area contributed by atoms with Gasteiger partial charge < -0.3 is 10.4 Å². The molecule has 0 spiro atoms. The monoisotopic (exact) mass is 292 g/mol. The van der Waals surface area contributed by atoms with Crippen LogP contribution in [-0.4, -0.2) is 37.9 Å². The molecule has 104 valence electrons. The summed E-state index contributed by atoms with van der Waals surface area (Å²) in [7, 11) is 0. The lowest BCUT2D eigenvalue weighted by atomic mass is 10.1. The van der Waals surface area contributed by atoms with Crippen molar-refractivity contribution in [2.24, 2.45) is 0 Å². The zero-order valence-corrected chi connectivity index (χ0v) is 11.4. The van der Waals surface area contributed by atoms with Crippen LogP contribution in [0.3, 0.4) is 0 Å². The van der Waals surface area contributed by atoms with Crippen LogP contribution in [0, 0.1) is 6.92 Å². The van der Waals surface area contributed by atoms with E-state index in [9.17, 15) is 9.59 Å². The molecule has 0 aliphatic rings. The molecule has 2 rings (SSSR count). The molecule has 1 amide bonds. The van der Waals surface area contributed by atoms with Gasteiger partial charge in [-0.25, -0.2) is 9.78 Å². The van der Waals surface area contributed by atoms with Gasteiger partial charge in [-0.3, -0.25) is 9.89 Å². The molecule has 7 nitrogen and oxygen atoms in total. The van der Waals surface area contributed by atoms with Crippen molar-refractivity contribution in [3.05, 3.63) is 35.7 Å². The van der Waals surface area contributed by atoms with E-state index in [1.165, 1.54) is 30.2 Å². The Hall–Kier alpha value is -2.35. The summed E-state index contributed by atoms with van der Waals surface area (Å²) >= 11 is 1.21. The molecule has 1 aromatic heterocycles. The van der Waals surface area contributed by atoms with Crippen molar-refractivity contribution in [3.8, 4) is 0 Å². The van der Waals surface area contributed by atoms with Gasteiger partial charge in [0.25, 0.3) is 0 Å². The fourth-order valence-electron chi connectivity index (χ4n) is 1.47. The molecule has 0 bridgehead atoms. The number of rotatable bonds is 5. The highest BCUT2D eigenvalue weighted by atomic mass is 32.2. The molecule has 0 unspecified atom stereocenters. The van der Waals surface area contributed by atoms with Gasteiger partial charge in [-0.05, 0) is 24.6 Å². The Kier molecular flexibility index (Phi) is 4.36. The summed E-state index contributed by atoms with van der Waals surface area (Å²) in [6, 6.07) is 4.59. The first-order chi connectivity index (χ1) is 9.56. The maximum Gasteiger partial charge on any atom is 0.335 e. The summed E-state index contributed by atoms with van der Waals surface area (Å²) in [4.78, 5) is 26.6. The van der Waals surface area contributed by atoms with Gasteiger partial charge in [-0.1, -0.05) is 17.8 Å². The minimum Gasteiger partial charge on any atom is -0.478 e. The van der Waals surface area contributed by atoms with E-state index in [1.54, 1.807) is 13.0 Å². The van der Waals surface area contributed by atoms with E-state index in [2.05, 4.69) is 20.5 Å². The number of benzene rings is 1. The van der Waals surface area contributed by atoms with E-state index < -0.39 is 5.97 Å². The Bertz CT molecular complexity index is 628. The van der Waals surface area contributed by atoms with Crippen LogP contribution in [0.25, 0.3) is 0 Å². The minimum atomic E-state index is -1.03. The maximum atomic E-state index is 11.8. The number of carboxylic acid groups (broad SMARTS) is 1. The number of amides is 1. The first-order valence-electron chi connectivity index (χ1n) is 5.68. The molecule has 0 saturated carbocycles. The van der Waals surface area contributed by atoms with Gasteiger partial charge in [0.15, 0.2) is 5.16 Å². The van der Waals surface area contributed by atoms with E-state index in [-0.39, 0.29) is 17.2 Å². The van der Waals surface area contributed by atoms with Crippen LogP contribution >= 0.6 is 11.8 Å². The summed E-state index contributed by atoms with van der Waals surface area (Å²) in [5.74, 6) is -1.11. The normalized spacial score (nSPS) is 10.2. The second-order valence-corrected chi connectivity index (χ2v) is 4.93. The molecule has 20 heavy (non-hydrogen) atoms. The Labute approximate surface area is 118 Å². The number of carboxylic acids is 1. The minimum absolute atomic E-state index is 0.133. The Morgan fingerprint density at radius 3 is 2.90 bits per heavy atom. The molecule has 0 radical (unpaired) electrons. The maximum absolute atomic E-state index is 11.8. The summed E-state index contributed by atoms with van der Waals surface area (Å²) in [6.45, 7) is 1.80. The van der Waals surface area contributed by atoms with Crippen LogP contribution in [0.4, 0.5) is 5.69 Å². The van der Waals surface area contributed by atoms with Crippen LogP contribution in [0.15, 0.2) is 29.7 Å². The topological polar surface area (TPSA) is 108 Å². The second-order valence-electron chi connectivity index (χ2n) is 3.96. The molecule has 1 aromatic carbocycles. The highest BCUT2D eigenvalue weighted by molar-refractivity contribution is 7.99. The number of nitrogens with one attached hydrogen (secondary N) is 2. The first kappa shape index (κ1) is 14.1. The Balaban J connectivity index is 2.00. The zero-order chi connectivity index (χ0) is 14.5. The Morgan fingerprint density at radius 1 is 1.45 bits per heavy atom. The highest BCUT2D eigenvalue weighted by Gasteiger charge is 2.10. The van der Waals surface area contributed by atoms with Gasteiger partial charge in [0.05, 0.1) is 11.3 Å². The molecule has 0 fully saturated rings. The number of thioether (sulfide) groups is 1. The van der Waals surface area contributed by atoms with Crippen LogP contribution in [-0.2, 0) is 4.79 Å². The molecular weight excluding hydrogens is 280 g/mol. The number of aryl methyl sites for hydroxylation is 1. The fourth-order valence-corrected chi connectivity index (χ4v) is 2.05. The highest BCUT2D eigenvalue weighted by Crippen LogP contribution is 2.18. The molecule has 3 N–H and O–H groups in total. The van der Waals surface area contributed by atoms with Crippen LogP contribution in [0.1, 0.15) is 15.9 Å². The molecular formula is C12H12N4O3S. The second kappa shape index (κ2) is 6.20. The number of hydrogen-bond donors (Lipinski definition) is 3. The van der Waals surface area contributed by atoms with Crippen LogP contribution in [0.2, 0.25) is 0 Å².